The Morgan fingerprint density at radius 3 is 2.71 bits per heavy atom. The average Bonchev–Trinajstić information content (AvgIpc) is 3.78. The molecule has 2 fully saturated rings. The molecule has 3 aromatic carbocycles. The van der Waals surface area contributed by atoms with Crippen LogP contribution in [0.5, 0.6) is 28.7 Å². The molecule has 7 atom stereocenters. The second kappa shape index (κ2) is 11.2. The number of rotatable bonds is 1. The zero-order chi connectivity index (χ0) is 35.8. The molecule has 11 rings (SSSR count). The second-order valence-corrected chi connectivity index (χ2v) is 16.0. The number of nitrogens with zero attached hydrogens (tertiary/aromatic N) is 3. The molecule has 4 N–H and O–H groups in total. The number of fused-ring (bicyclic) bond motifs is 11. The fourth-order valence-electron chi connectivity index (χ4n) is 10.3. The summed E-state index contributed by atoms with van der Waals surface area (Å²) in [5.74, 6) is 1.47. The number of piperazine rings is 1. The van der Waals surface area contributed by atoms with E-state index in [1.54, 1.807) is 18.9 Å². The number of aromatic amines is 1. The molecule has 0 amide bonds. The molecule has 268 valence electrons. The highest BCUT2D eigenvalue weighted by Gasteiger charge is 2.61. The van der Waals surface area contributed by atoms with Crippen LogP contribution in [0.1, 0.15) is 62.0 Å². The molecule has 2 saturated heterocycles. The first-order valence-corrected chi connectivity index (χ1v) is 18.8. The van der Waals surface area contributed by atoms with Crippen LogP contribution in [-0.2, 0) is 27.9 Å². The summed E-state index contributed by atoms with van der Waals surface area (Å²) in [7, 11) is 3.59. The average molecular weight is 722 g/mol. The van der Waals surface area contributed by atoms with Gasteiger partial charge in [-0.3, -0.25) is 15.1 Å². The van der Waals surface area contributed by atoms with Crippen LogP contribution in [-0.4, -0.2) is 88.9 Å². The van der Waals surface area contributed by atoms with E-state index < -0.39 is 40.9 Å². The molecule has 1 aromatic heterocycles. The van der Waals surface area contributed by atoms with E-state index in [0.717, 1.165) is 45.3 Å². The van der Waals surface area contributed by atoms with Crippen molar-refractivity contribution in [1.29, 1.82) is 5.26 Å². The third-order valence-corrected chi connectivity index (χ3v) is 14.0. The molecule has 1 spiro atoms. The quantitative estimate of drug-likeness (QED) is 0.204. The first-order valence-electron chi connectivity index (χ1n) is 17.8. The molecule has 13 heteroatoms. The lowest BCUT2D eigenvalue weighted by Crippen LogP contribution is -2.69. The number of hydrogen-bond acceptors (Lipinski definition) is 12. The predicted molar refractivity (Wildman–Crippen MR) is 192 cm³/mol. The maximum Gasteiger partial charge on any atom is 0.333 e. The van der Waals surface area contributed by atoms with E-state index in [2.05, 4.69) is 38.3 Å². The van der Waals surface area contributed by atoms with Gasteiger partial charge in [-0.2, -0.15) is 5.26 Å². The minimum Gasteiger partial charge on any atom is -0.507 e. The number of benzene rings is 3. The van der Waals surface area contributed by atoms with E-state index in [-0.39, 0.29) is 36.7 Å². The van der Waals surface area contributed by atoms with Crippen molar-refractivity contribution in [3.63, 3.8) is 0 Å². The van der Waals surface area contributed by atoms with Crippen molar-refractivity contribution in [1.82, 2.24) is 20.1 Å². The van der Waals surface area contributed by atoms with Crippen LogP contribution in [0.2, 0.25) is 0 Å². The molecule has 12 nitrogen and oxygen atoms in total. The molecule has 8 heterocycles. The van der Waals surface area contributed by atoms with E-state index in [4.69, 9.17) is 18.9 Å². The number of phenols is 2. The molecule has 52 heavy (non-hydrogen) atoms. The Hall–Kier alpha value is -4.61. The summed E-state index contributed by atoms with van der Waals surface area (Å²) in [4.78, 5) is 22.7. The number of carbonyl (C=O) groups is 1. The zero-order valence-electron chi connectivity index (χ0n) is 29.3. The van der Waals surface area contributed by atoms with Gasteiger partial charge in [-0.25, -0.2) is 4.79 Å². The monoisotopic (exact) mass is 721 g/mol. The topological polar surface area (TPSA) is 153 Å². The summed E-state index contributed by atoms with van der Waals surface area (Å²) >= 11 is 1.56. The van der Waals surface area contributed by atoms with Gasteiger partial charge < -0.3 is 34.1 Å². The van der Waals surface area contributed by atoms with Gasteiger partial charge >= 0.3 is 5.97 Å². The van der Waals surface area contributed by atoms with Gasteiger partial charge in [-0.1, -0.05) is 24.3 Å². The number of aromatic nitrogens is 1. The van der Waals surface area contributed by atoms with Gasteiger partial charge in [0, 0.05) is 57.5 Å². The Labute approximate surface area is 304 Å². The third-order valence-electron chi connectivity index (χ3n) is 12.6. The second-order valence-electron chi connectivity index (χ2n) is 14.9. The number of esters is 1. The fraction of sp³-hybridized carbons (Fsp3) is 0.436. The highest BCUT2D eigenvalue weighted by Crippen LogP contribution is 2.64. The molecule has 7 aliphatic rings. The van der Waals surface area contributed by atoms with Crippen molar-refractivity contribution in [2.24, 2.45) is 0 Å². The summed E-state index contributed by atoms with van der Waals surface area (Å²) in [6.45, 7) is 4.24. The number of phenolic OH excluding ortho intramolecular Hbond substituents is 2. The van der Waals surface area contributed by atoms with Gasteiger partial charge in [0.25, 0.3) is 0 Å². The van der Waals surface area contributed by atoms with Crippen LogP contribution in [0.3, 0.4) is 0 Å². The summed E-state index contributed by atoms with van der Waals surface area (Å²) < 4.78 is 24.3. The number of nitrogens with one attached hydrogen (secondary N) is 2. The number of hydrogen-bond donors (Lipinski definition) is 4. The molecule has 2 unspecified atom stereocenters. The number of aromatic hydroxyl groups is 2. The van der Waals surface area contributed by atoms with E-state index in [1.165, 1.54) is 0 Å². The number of methoxy groups -OCH3 is 1. The van der Waals surface area contributed by atoms with E-state index >= 15 is 0 Å². The van der Waals surface area contributed by atoms with Gasteiger partial charge in [0.1, 0.15) is 18.4 Å². The largest absolute Gasteiger partial charge is 0.507 e. The Kier molecular flexibility index (Phi) is 6.91. The summed E-state index contributed by atoms with van der Waals surface area (Å²) in [5.41, 5.74) is 6.16. The Balaban J connectivity index is 1.23. The first-order chi connectivity index (χ1) is 25.2. The van der Waals surface area contributed by atoms with Crippen LogP contribution >= 0.6 is 11.8 Å². The van der Waals surface area contributed by atoms with Crippen LogP contribution < -0.4 is 19.5 Å². The molecule has 7 aliphatic heterocycles. The zero-order valence-corrected chi connectivity index (χ0v) is 30.1. The summed E-state index contributed by atoms with van der Waals surface area (Å²) in [6.07, 6.45) is 1.29. The maximum absolute atomic E-state index is 14.7. The number of ether oxygens (including phenoxy) is 4. The van der Waals surface area contributed by atoms with Crippen LogP contribution in [0.25, 0.3) is 10.9 Å². The van der Waals surface area contributed by atoms with E-state index in [1.807, 2.05) is 39.1 Å². The van der Waals surface area contributed by atoms with Crippen molar-refractivity contribution in [3.05, 3.63) is 75.0 Å². The Bertz CT molecular complexity index is 2270. The lowest BCUT2D eigenvalue weighted by molar-refractivity contribution is -0.157. The van der Waals surface area contributed by atoms with Gasteiger partial charge in [-0.15, -0.1) is 11.8 Å². The number of likely N-dealkylation sites (N-methyl/N-ethyl adjacent to an activating group) is 1. The van der Waals surface area contributed by atoms with Crippen LogP contribution in [0.15, 0.2) is 30.3 Å². The van der Waals surface area contributed by atoms with Crippen molar-refractivity contribution in [3.8, 4) is 34.8 Å². The lowest BCUT2D eigenvalue weighted by Gasteiger charge is -2.62. The minimum absolute atomic E-state index is 0.00787. The maximum atomic E-state index is 14.7. The molecule has 0 radical (unpaired) electrons. The van der Waals surface area contributed by atoms with Gasteiger partial charge in [-0.05, 0) is 56.5 Å². The Morgan fingerprint density at radius 1 is 1.10 bits per heavy atom. The standard InChI is InChI=1S/C39H39N5O7S/c1-17-11-19-12-23-24(13-40)44-25-14-49-38(47)39(37-21(9-10-41-39)20-7-5-6-8-22(20)42-37)15-52-36(28-27(25)35-34(50-16-51-35)18(2)31(28)45)30(44)29(43(23)3)26(19)32(46)33(17)48-4/h5-8,11,23-25,29-30,36,41-42,45-46H,9-10,12,14-16H2,1-4H3/t23?,24-,25-,29-,30?,36+,39+/m0/s1. The normalized spacial score (nSPS) is 30.2. The SMILES string of the molecule is COc1c(C)cc2c(c1O)[C@H]1C3[C@@H]4SC[C@]5(NCCc6c5[nH]c5ccccc65)C(=O)OC[C@@H](c5c6c(c(C)c(O)c54)OCO6)N3[C@@H](C#N)C(C2)N1C. The molecule has 0 aliphatic carbocycles. The molecular formula is C39H39N5O7S. The first kappa shape index (κ1) is 32.1. The smallest absolute Gasteiger partial charge is 0.333 e. The van der Waals surface area contributed by atoms with Crippen molar-refractivity contribution >= 4 is 28.6 Å². The number of thioether (sulfide) groups is 1. The Morgan fingerprint density at radius 2 is 1.90 bits per heavy atom. The number of H-pyrrole nitrogens is 1. The van der Waals surface area contributed by atoms with Crippen molar-refractivity contribution in [2.45, 2.75) is 67.7 Å². The van der Waals surface area contributed by atoms with Crippen LogP contribution in [0, 0.1) is 25.2 Å². The van der Waals surface area contributed by atoms with Crippen LogP contribution in [0.4, 0.5) is 0 Å². The molecule has 0 saturated carbocycles. The number of para-hydroxylation sites is 1. The molecular weight excluding hydrogens is 683 g/mol. The number of carbonyl (C=O) groups excluding carboxylic acids is 1. The third kappa shape index (κ3) is 3.95. The predicted octanol–water partition coefficient (Wildman–Crippen LogP) is 4.53. The van der Waals surface area contributed by atoms with Gasteiger partial charge in [0.15, 0.2) is 28.5 Å². The number of aryl methyl sites for hydroxylation is 1. The minimum atomic E-state index is -1.20. The summed E-state index contributed by atoms with van der Waals surface area (Å²) in [5, 5.41) is 39.5. The highest BCUT2D eigenvalue weighted by molar-refractivity contribution is 7.99. The van der Waals surface area contributed by atoms with Crippen molar-refractivity contribution in [2.75, 3.05) is 39.9 Å². The van der Waals surface area contributed by atoms with Gasteiger partial charge in [0.05, 0.1) is 36.2 Å². The fourth-order valence-corrected chi connectivity index (χ4v) is 12.0. The highest BCUT2D eigenvalue weighted by atomic mass is 32.2. The number of nitriles is 1. The molecule has 4 bridgehead atoms. The van der Waals surface area contributed by atoms with Gasteiger partial charge in [0.2, 0.25) is 6.79 Å². The lowest BCUT2D eigenvalue weighted by atomic mass is 9.71. The molecule has 4 aromatic rings. The van der Waals surface area contributed by atoms with E-state index in [0.29, 0.717) is 46.9 Å². The van der Waals surface area contributed by atoms with E-state index in [9.17, 15) is 20.3 Å². The summed E-state index contributed by atoms with van der Waals surface area (Å²) in [6, 6.07) is 10.5. The van der Waals surface area contributed by atoms with Crippen molar-refractivity contribution < 1.29 is 34.0 Å².